The second-order valence-corrected chi connectivity index (χ2v) is 7.01. The number of carbonyl (C=O) groups excluding carboxylic acids is 1. The molecular formula is C18H14BrClN4O5. The van der Waals surface area contributed by atoms with Crippen molar-refractivity contribution in [3.05, 3.63) is 74.0 Å². The molecule has 150 valence electrons. The SMILES string of the molecule is COc1cc([N+](=O)[O-])ccc1NC(=O)c1ccn(COc2ccc(Br)cc2Cl)n1. The maximum absolute atomic E-state index is 12.4. The number of benzene rings is 2. The van der Waals surface area contributed by atoms with Crippen molar-refractivity contribution < 1.29 is 19.2 Å². The van der Waals surface area contributed by atoms with Crippen LogP contribution in [0.2, 0.25) is 5.02 Å². The molecular weight excluding hydrogens is 468 g/mol. The lowest BCUT2D eigenvalue weighted by Crippen LogP contribution is -2.15. The van der Waals surface area contributed by atoms with Crippen LogP contribution in [-0.2, 0) is 6.73 Å². The van der Waals surface area contributed by atoms with Crippen molar-refractivity contribution in [2.45, 2.75) is 6.73 Å². The molecule has 1 aromatic heterocycles. The van der Waals surface area contributed by atoms with Crippen molar-refractivity contribution in [2.75, 3.05) is 12.4 Å². The standard InChI is InChI=1S/C18H14BrClN4O5/c1-28-17-9-12(24(26)27)3-4-14(17)21-18(25)15-6-7-23(22-15)10-29-16-5-2-11(19)8-13(16)20/h2-9H,10H2,1H3,(H,21,25). The van der Waals surface area contributed by atoms with Gasteiger partial charge in [0.2, 0.25) is 0 Å². The zero-order chi connectivity index (χ0) is 21.0. The van der Waals surface area contributed by atoms with E-state index < -0.39 is 10.8 Å². The molecule has 0 saturated heterocycles. The molecule has 0 aliphatic heterocycles. The van der Waals surface area contributed by atoms with Crippen molar-refractivity contribution in [3.63, 3.8) is 0 Å². The Balaban J connectivity index is 1.67. The van der Waals surface area contributed by atoms with E-state index in [9.17, 15) is 14.9 Å². The number of aromatic nitrogens is 2. The molecule has 2 aromatic carbocycles. The van der Waals surface area contributed by atoms with E-state index in [0.29, 0.717) is 10.8 Å². The van der Waals surface area contributed by atoms with E-state index in [-0.39, 0.29) is 29.5 Å². The van der Waals surface area contributed by atoms with Crippen LogP contribution in [0.25, 0.3) is 0 Å². The van der Waals surface area contributed by atoms with Crippen LogP contribution in [0.3, 0.4) is 0 Å². The number of non-ortho nitro benzene ring substituents is 1. The molecule has 29 heavy (non-hydrogen) atoms. The van der Waals surface area contributed by atoms with E-state index in [0.717, 1.165) is 4.47 Å². The third-order valence-corrected chi connectivity index (χ3v) is 4.55. The molecule has 1 heterocycles. The monoisotopic (exact) mass is 480 g/mol. The van der Waals surface area contributed by atoms with Crippen LogP contribution in [0.4, 0.5) is 11.4 Å². The highest BCUT2D eigenvalue weighted by molar-refractivity contribution is 9.10. The number of hydrogen-bond acceptors (Lipinski definition) is 6. The summed E-state index contributed by atoms with van der Waals surface area (Å²) >= 11 is 9.41. The molecule has 0 radical (unpaired) electrons. The lowest BCUT2D eigenvalue weighted by Gasteiger charge is -2.09. The van der Waals surface area contributed by atoms with Gasteiger partial charge in [0.1, 0.15) is 11.5 Å². The molecule has 0 atom stereocenters. The first-order valence-electron chi connectivity index (χ1n) is 8.12. The van der Waals surface area contributed by atoms with Crippen molar-refractivity contribution in [3.8, 4) is 11.5 Å². The molecule has 0 aliphatic carbocycles. The molecule has 0 bridgehead atoms. The molecule has 3 aromatic rings. The van der Waals surface area contributed by atoms with Crippen molar-refractivity contribution in [2.24, 2.45) is 0 Å². The number of hydrogen-bond donors (Lipinski definition) is 1. The molecule has 0 saturated carbocycles. The molecule has 0 unspecified atom stereocenters. The van der Waals surface area contributed by atoms with Crippen LogP contribution >= 0.6 is 27.5 Å². The summed E-state index contributed by atoms with van der Waals surface area (Å²) in [5.41, 5.74) is 0.277. The minimum Gasteiger partial charge on any atom is -0.494 e. The zero-order valence-electron chi connectivity index (χ0n) is 15.0. The summed E-state index contributed by atoms with van der Waals surface area (Å²) < 4.78 is 13.0. The number of nitrogens with one attached hydrogen (secondary N) is 1. The first-order chi connectivity index (χ1) is 13.9. The van der Waals surface area contributed by atoms with E-state index in [1.165, 1.54) is 36.1 Å². The first-order valence-corrected chi connectivity index (χ1v) is 9.29. The third-order valence-electron chi connectivity index (χ3n) is 3.76. The number of rotatable bonds is 7. The topological polar surface area (TPSA) is 109 Å². The number of nitro benzene ring substituents is 1. The number of nitrogens with zero attached hydrogens (tertiary/aromatic N) is 3. The van der Waals surface area contributed by atoms with Crippen LogP contribution in [0, 0.1) is 10.1 Å². The summed E-state index contributed by atoms with van der Waals surface area (Å²) in [5.74, 6) is 0.143. The highest BCUT2D eigenvalue weighted by atomic mass is 79.9. The normalized spacial score (nSPS) is 10.4. The fourth-order valence-electron chi connectivity index (χ4n) is 2.37. The van der Waals surface area contributed by atoms with Gasteiger partial charge in [0, 0.05) is 16.7 Å². The highest BCUT2D eigenvalue weighted by Gasteiger charge is 2.16. The van der Waals surface area contributed by atoms with Crippen molar-refractivity contribution >= 4 is 44.8 Å². The lowest BCUT2D eigenvalue weighted by atomic mass is 10.2. The van der Waals surface area contributed by atoms with Gasteiger partial charge in [-0.1, -0.05) is 27.5 Å². The van der Waals surface area contributed by atoms with E-state index in [1.807, 2.05) is 0 Å². The van der Waals surface area contributed by atoms with Crippen LogP contribution in [0.5, 0.6) is 11.5 Å². The smallest absolute Gasteiger partial charge is 0.276 e. The number of ether oxygens (including phenoxy) is 2. The van der Waals surface area contributed by atoms with Gasteiger partial charge in [-0.2, -0.15) is 5.10 Å². The number of carbonyl (C=O) groups is 1. The Kier molecular flexibility index (Phi) is 6.35. The van der Waals surface area contributed by atoms with Gasteiger partial charge >= 0.3 is 0 Å². The van der Waals surface area contributed by atoms with Gasteiger partial charge in [-0.25, -0.2) is 4.68 Å². The van der Waals surface area contributed by atoms with Gasteiger partial charge in [-0.05, 0) is 30.3 Å². The van der Waals surface area contributed by atoms with Crippen LogP contribution in [-0.4, -0.2) is 27.7 Å². The molecule has 9 nitrogen and oxygen atoms in total. The largest absolute Gasteiger partial charge is 0.494 e. The van der Waals surface area contributed by atoms with Gasteiger partial charge in [-0.15, -0.1) is 0 Å². The van der Waals surface area contributed by atoms with Crippen LogP contribution < -0.4 is 14.8 Å². The number of nitro groups is 1. The number of halogens is 2. The summed E-state index contributed by atoms with van der Waals surface area (Å²) in [4.78, 5) is 22.7. The van der Waals surface area contributed by atoms with Gasteiger partial charge in [0.25, 0.3) is 11.6 Å². The summed E-state index contributed by atoms with van der Waals surface area (Å²) in [6, 6.07) is 10.6. The van der Waals surface area contributed by atoms with Gasteiger partial charge in [0.05, 0.1) is 28.8 Å². The van der Waals surface area contributed by atoms with Crippen molar-refractivity contribution in [1.29, 1.82) is 0 Å². The predicted molar refractivity (Wildman–Crippen MR) is 110 cm³/mol. The maximum atomic E-state index is 12.4. The Bertz CT molecular complexity index is 1070. The van der Waals surface area contributed by atoms with E-state index in [1.54, 1.807) is 24.4 Å². The molecule has 11 heteroatoms. The summed E-state index contributed by atoms with van der Waals surface area (Å²) in [6.07, 6.45) is 1.58. The zero-order valence-corrected chi connectivity index (χ0v) is 17.3. The number of methoxy groups -OCH3 is 1. The summed E-state index contributed by atoms with van der Waals surface area (Å²) in [5, 5.41) is 18.1. The maximum Gasteiger partial charge on any atom is 0.276 e. The van der Waals surface area contributed by atoms with Gasteiger partial charge < -0.3 is 14.8 Å². The summed E-state index contributed by atoms with van der Waals surface area (Å²) in [6.45, 7) is 0.0511. The van der Waals surface area contributed by atoms with Crippen molar-refractivity contribution in [1.82, 2.24) is 9.78 Å². The quantitative estimate of drug-likeness (QED) is 0.393. The molecule has 1 N–H and O–H groups in total. The first kappa shape index (κ1) is 20.6. The Morgan fingerprint density at radius 2 is 2.07 bits per heavy atom. The fourth-order valence-corrected chi connectivity index (χ4v) is 3.09. The second kappa shape index (κ2) is 8.93. The van der Waals surface area contributed by atoms with E-state index >= 15 is 0 Å². The fraction of sp³-hybridized carbons (Fsp3) is 0.111. The molecule has 0 aliphatic rings. The Labute approximate surface area is 178 Å². The number of amides is 1. The highest BCUT2D eigenvalue weighted by Crippen LogP contribution is 2.29. The average Bonchev–Trinajstić information content (AvgIpc) is 3.16. The van der Waals surface area contributed by atoms with E-state index in [4.69, 9.17) is 21.1 Å². The average molecular weight is 482 g/mol. The molecule has 0 fully saturated rings. The van der Waals surface area contributed by atoms with Gasteiger partial charge in [0.15, 0.2) is 12.4 Å². The Morgan fingerprint density at radius 3 is 2.76 bits per heavy atom. The van der Waals surface area contributed by atoms with Crippen LogP contribution in [0.1, 0.15) is 10.5 Å². The van der Waals surface area contributed by atoms with Crippen LogP contribution in [0.15, 0.2) is 53.1 Å². The lowest BCUT2D eigenvalue weighted by molar-refractivity contribution is -0.384. The predicted octanol–water partition coefficient (Wildman–Crippen LogP) is 4.50. The molecule has 3 rings (SSSR count). The van der Waals surface area contributed by atoms with E-state index in [2.05, 4.69) is 26.3 Å². The van der Waals surface area contributed by atoms with Gasteiger partial charge in [-0.3, -0.25) is 14.9 Å². The minimum atomic E-state index is -0.548. The second-order valence-electron chi connectivity index (χ2n) is 5.68. The third kappa shape index (κ3) is 5.04. The Hall–Kier alpha value is -3.11. The summed E-state index contributed by atoms with van der Waals surface area (Å²) in [7, 11) is 1.36. The molecule has 1 amide bonds. The minimum absolute atomic E-state index is 0.0511. The number of anilines is 1. The molecule has 0 spiro atoms. The Morgan fingerprint density at radius 1 is 1.28 bits per heavy atom.